The van der Waals surface area contributed by atoms with Gasteiger partial charge < -0.3 is 20.5 Å². The summed E-state index contributed by atoms with van der Waals surface area (Å²) < 4.78 is 11.4. The molecule has 0 amide bonds. The van der Waals surface area contributed by atoms with Gasteiger partial charge in [-0.15, -0.1) is 0 Å². The van der Waals surface area contributed by atoms with Crippen LogP contribution in [-0.2, 0) is 4.74 Å². The number of anilines is 2. The zero-order chi connectivity index (χ0) is 16.8. The summed E-state index contributed by atoms with van der Waals surface area (Å²) in [5.74, 6) is 1.47. The Bertz CT molecular complexity index is 487. The van der Waals surface area contributed by atoms with Crippen LogP contribution in [0.2, 0.25) is 0 Å². The highest BCUT2D eigenvalue weighted by Gasteiger charge is 2.22. The molecule has 2 rings (SSSR count). The molecule has 1 aliphatic rings. The van der Waals surface area contributed by atoms with Gasteiger partial charge in [0.1, 0.15) is 12.4 Å². The number of rotatable bonds is 10. The average Bonchev–Trinajstić information content (AvgIpc) is 3.25. The van der Waals surface area contributed by atoms with E-state index in [2.05, 4.69) is 43.0 Å². The van der Waals surface area contributed by atoms with E-state index in [-0.39, 0.29) is 13.9 Å². The fourth-order valence-corrected chi connectivity index (χ4v) is 4.43. The first-order valence-corrected chi connectivity index (χ1v) is 9.99. The van der Waals surface area contributed by atoms with Crippen LogP contribution in [0.1, 0.15) is 40.5 Å². The zero-order valence-corrected chi connectivity index (χ0v) is 15.5. The Labute approximate surface area is 140 Å². The second kappa shape index (κ2) is 8.65. The minimum Gasteiger partial charge on any atom is -0.475 e. The Morgan fingerprint density at radius 3 is 2.52 bits per heavy atom. The first-order valence-electron chi connectivity index (χ1n) is 8.33. The summed E-state index contributed by atoms with van der Waals surface area (Å²) in [5, 5.41) is 3.30. The highest BCUT2D eigenvalue weighted by atomic mass is 31.1. The van der Waals surface area contributed by atoms with Crippen LogP contribution in [0.3, 0.4) is 0 Å². The summed E-state index contributed by atoms with van der Waals surface area (Å²) >= 11 is 0. The van der Waals surface area contributed by atoms with E-state index in [4.69, 9.17) is 15.2 Å². The molecule has 0 aromatic carbocycles. The van der Waals surface area contributed by atoms with E-state index >= 15 is 0 Å². The number of nitrogen functional groups attached to an aromatic ring is 1. The summed E-state index contributed by atoms with van der Waals surface area (Å²) in [6, 6.07) is 2.32. The summed E-state index contributed by atoms with van der Waals surface area (Å²) in [6.45, 7) is 10.1. The summed E-state index contributed by atoms with van der Waals surface area (Å²) in [4.78, 5) is 8.27. The molecule has 1 fully saturated rings. The number of aromatic nitrogens is 2. The van der Waals surface area contributed by atoms with Crippen LogP contribution in [0.25, 0.3) is 0 Å². The lowest BCUT2D eigenvalue weighted by Crippen LogP contribution is -2.13. The smallest absolute Gasteiger partial charge is 0.225 e. The standard InChI is InChI=1S/C16H29N4O2P/c1-11(2)23(12(3)4)10-21-7-8-22-15-9-14(18-13-5-6-13)19-16(17)20-15/h9,11-13H,5-8,10H2,1-4H3,(H3,17,18,19,20). The van der Waals surface area contributed by atoms with Crippen LogP contribution >= 0.6 is 7.92 Å². The molecule has 23 heavy (non-hydrogen) atoms. The number of nitrogens with two attached hydrogens (primary N) is 1. The van der Waals surface area contributed by atoms with Gasteiger partial charge in [0.05, 0.1) is 13.0 Å². The number of ether oxygens (including phenoxy) is 2. The average molecular weight is 340 g/mol. The maximum atomic E-state index is 5.79. The maximum Gasteiger partial charge on any atom is 0.225 e. The molecule has 1 aromatic rings. The minimum absolute atomic E-state index is 0.0963. The molecular weight excluding hydrogens is 311 g/mol. The van der Waals surface area contributed by atoms with E-state index in [0.717, 1.165) is 12.2 Å². The van der Waals surface area contributed by atoms with Crippen molar-refractivity contribution in [3.05, 3.63) is 6.07 Å². The molecule has 3 N–H and O–H groups in total. The molecule has 130 valence electrons. The van der Waals surface area contributed by atoms with Crippen molar-refractivity contribution in [3.63, 3.8) is 0 Å². The second-order valence-electron chi connectivity index (χ2n) is 6.46. The molecule has 0 bridgehead atoms. The van der Waals surface area contributed by atoms with Gasteiger partial charge in [0.15, 0.2) is 0 Å². The zero-order valence-electron chi connectivity index (χ0n) is 14.6. The van der Waals surface area contributed by atoms with Gasteiger partial charge in [-0.2, -0.15) is 9.97 Å². The Balaban J connectivity index is 1.72. The van der Waals surface area contributed by atoms with Crippen molar-refractivity contribution in [1.29, 1.82) is 0 Å². The van der Waals surface area contributed by atoms with E-state index in [1.807, 2.05) is 0 Å². The molecule has 0 saturated heterocycles. The predicted molar refractivity (Wildman–Crippen MR) is 96.6 cm³/mol. The van der Waals surface area contributed by atoms with E-state index in [0.29, 0.717) is 36.5 Å². The van der Waals surface area contributed by atoms with Crippen LogP contribution in [0.5, 0.6) is 5.88 Å². The highest BCUT2D eigenvalue weighted by molar-refractivity contribution is 7.58. The number of hydrogen-bond acceptors (Lipinski definition) is 6. The van der Waals surface area contributed by atoms with Gasteiger partial charge >= 0.3 is 0 Å². The molecule has 6 nitrogen and oxygen atoms in total. The van der Waals surface area contributed by atoms with Crippen LogP contribution in [0, 0.1) is 0 Å². The molecule has 7 heteroatoms. The van der Waals surface area contributed by atoms with Crippen LogP contribution in [0.4, 0.5) is 11.8 Å². The Morgan fingerprint density at radius 2 is 1.91 bits per heavy atom. The van der Waals surface area contributed by atoms with Crippen molar-refractivity contribution in [2.45, 2.75) is 57.9 Å². The van der Waals surface area contributed by atoms with E-state index in [9.17, 15) is 0 Å². The fourth-order valence-electron chi connectivity index (χ4n) is 2.30. The molecule has 0 atom stereocenters. The first kappa shape index (κ1) is 18.2. The number of hydrogen-bond donors (Lipinski definition) is 2. The second-order valence-corrected chi connectivity index (χ2v) is 9.81. The third-order valence-corrected chi connectivity index (χ3v) is 6.83. The van der Waals surface area contributed by atoms with Crippen LogP contribution in [-0.4, -0.2) is 46.9 Å². The Hall–Kier alpha value is -1.13. The molecule has 0 unspecified atom stereocenters. The van der Waals surface area contributed by atoms with Gasteiger partial charge in [0, 0.05) is 12.1 Å². The van der Waals surface area contributed by atoms with Gasteiger partial charge in [-0.1, -0.05) is 35.6 Å². The number of nitrogens with one attached hydrogen (secondary N) is 1. The first-order chi connectivity index (χ1) is 11.0. The van der Waals surface area contributed by atoms with E-state index in [1.54, 1.807) is 6.07 Å². The van der Waals surface area contributed by atoms with Crippen molar-refractivity contribution >= 4 is 19.7 Å². The summed E-state index contributed by atoms with van der Waals surface area (Å²) in [7, 11) is -0.0963. The van der Waals surface area contributed by atoms with Crippen molar-refractivity contribution < 1.29 is 9.47 Å². The molecular formula is C16H29N4O2P. The lowest BCUT2D eigenvalue weighted by molar-refractivity contribution is 0.130. The van der Waals surface area contributed by atoms with Crippen molar-refractivity contribution in [1.82, 2.24) is 9.97 Å². The van der Waals surface area contributed by atoms with Gasteiger partial charge in [-0.3, -0.25) is 0 Å². The molecule has 1 heterocycles. The van der Waals surface area contributed by atoms with Crippen molar-refractivity contribution in [2.75, 3.05) is 30.6 Å². The van der Waals surface area contributed by atoms with Gasteiger partial charge in [0.25, 0.3) is 0 Å². The summed E-state index contributed by atoms with van der Waals surface area (Å²) in [6.07, 6.45) is 3.19. The fraction of sp³-hybridized carbons (Fsp3) is 0.750. The molecule has 0 aliphatic heterocycles. The third-order valence-electron chi connectivity index (χ3n) is 3.69. The van der Waals surface area contributed by atoms with E-state index in [1.165, 1.54) is 12.8 Å². The van der Waals surface area contributed by atoms with Gasteiger partial charge in [-0.25, -0.2) is 0 Å². The van der Waals surface area contributed by atoms with Gasteiger partial charge in [0.2, 0.25) is 11.8 Å². The monoisotopic (exact) mass is 340 g/mol. The summed E-state index contributed by atoms with van der Waals surface area (Å²) in [5.41, 5.74) is 7.09. The largest absolute Gasteiger partial charge is 0.475 e. The SMILES string of the molecule is CC(C)P(COCCOc1cc(NC2CC2)nc(N)n1)C(C)C. The highest BCUT2D eigenvalue weighted by Crippen LogP contribution is 2.45. The quantitative estimate of drug-likeness (QED) is 0.502. The van der Waals surface area contributed by atoms with Crippen molar-refractivity contribution in [2.24, 2.45) is 0 Å². The lowest BCUT2D eigenvalue weighted by Gasteiger charge is -2.25. The minimum atomic E-state index is -0.0963. The third kappa shape index (κ3) is 6.48. The Morgan fingerprint density at radius 1 is 1.22 bits per heavy atom. The van der Waals surface area contributed by atoms with Crippen LogP contribution < -0.4 is 15.8 Å². The van der Waals surface area contributed by atoms with Crippen molar-refractivity contribution in [3.8, 4) is 5.88 Å². The topological polar surface area (TPSA) is 82.3 Å². The van der Waals surface area contributed by atoms with Gasteiger partial charge in [-0.05, 0) is 24.2 Å². The molecule has 1 saturated carbocycles. The molecule has 0 radical (unpaired) electrons. The number of nitrogens with zero attached hydrogens (tertiary/aromatic N) is 2. The Kier molecular flexibility index (Phi) is 6.85. The van der Waals surface area contributed by atoms with Crippen LogP contribution in [0.15, 0.2) is 6.07 Å². The molecule has 1 aliphatic carbocycles. The normalized spacial score (nSPS) is 14.7. The molecule has 1 aromatic heterocycles. The maximum absolute atomic E-state index is 5.79. The lowest BCUT2D eigenvalue weighted by atomic mass is 10.5. The predicted octanol–water partition coefficient (Wildman–Crippen LogP) is 3.28. The molecule has 0 spiro atoms. The van der Waals surface area contributed by atoms with E-state index < -0.39 is 0 Å².